The minimum atomic E-state index is 0.167. The molecule has 2 rings (SSSR count). The Morgan fingerprint density at radius 1 is 1.29 bits per heavy atom. The van der Waals surface area contributed by atoms with Crippen molar-refractivity contribution in [2.45, 2.75) is 13.8 Å². The highest BCUT2D eigenvalue weighted by atomic mass is 16.1. The Bertz CT molecular complexity index is 338. The van der Waals surface area contributed by atoms with E-state index in [9.17, 15) is 4.79 Å². The maximum atomic E-state index is 9.44. The Morgan fingerprint density at radius 2 is 1.93 bits per heavy atom. The second kappa shape index (κ2) is 5.22. The monoisotopic (exact) mass is 189 g/mol. The number of anilines is 1. The molecule has 0 bridgehead atoms. The highest BCUT2D eigenvalue weighted by molar-refractivity contribution is 5.72. The first-order valence-electron chi connectivity index (χ1n) is 4.67. The number of hydrogen-bond acceptors (Lipinski definition) is 2. The molecule has 1 aromatic rings. The van der Waals surface area contributed by atoms with Gasteiger partial charge in [0.2, 0.25) is 0 Å². The van der Waals surface area contributed by atoms with E-state index in [1.165, 1.54) is 25.1 Å². The van der Waals surface area contributed by atoms with Crippen LogP contribution in [0.25, 0.3) is 6.08 Å². The van der Waals surface area contributed by atoms with Gasteiger partial charge in [-0.2, -0.15) is 0 Å². The molecule has 0 spiro atoms. The summed E-state index contributed by atoms with van der Waals surface area (Å²) in [5, 5.41) is 3.28. The second-order valence-electron chi connectivity index (χ2n) is 3.28. The number of carbonyl (C=O) groups is 1. The molecule has 0 amide bonds. The molecule has 0 saturated carbocycles. The lowest BCUT2D eigenvalue weighted by molar-refractivity contribution is -0.114. The number of hydrogen-bond donors (Lipinski definition) is 1. The van der Waals surface area contributed by atoms with Crippen molar-refractivity contribution in [1.82, 2.24) is 0 Å². The summed E-state index contributed by atoms with van der Waals surface area (Å²) in [7, 11) is 0. The molecule has 1 aromatic carbocycles. The zero-order valence-corrected chi connectivity index (χ0v) is 8.58. The Hall–Kier alpha value is -1.57. The standard InChI is InChI=1S/C9H9N.C3H6O/c1-2-6-9-8(4-1)5-3-7-10-9;1-3(2)4/h1-6,10H,7H2;1-2H3. The van der Waals surface area contributed by atoms with Crippen molar-refractivity contribution in [3.8, 4) is 0 Å². The molecule has 0 aromatic heterocycles. The van der Waals surface area contributed by atoms with Gasteiger partial charge in [0.1, 0.15) is 5.78 Å². The molecule has 14 heavy (non-hydrogen) atoms. The van der Waals surface area contributed by atoms with Crippen LogP contribution in [-0.4, -0.2) is 12.3 Å². The van der Waals surface area contributed by atoms with Crippen molar-refractivity contribution in [2.24, 2.45) is 0 Å². The molecule has 0 atom stereocenters. The Balaban J connectivity index is 0.000000213. The third-order valence-electron chi connectivity index (χ3n) is 1.67. The van der Waals surface area contributed by atoms with Gasteiger partial charge < -0.3 is 10.1 Å². The zero-order chi connectivity index (χ0) is 10.4. The lowest BCUT2D eigenvalue weighted by Crippen LogP contribution is -2.03. The first kappa shape index (κ1) is 10.5. The molecule has 0 unspecified atom stereocenters. The molecule has 0 saturated heterocycles. The average Bonchev–Trinajstić information content (AvgIpc) is 2.17. The minimum Gasteiger partial charge on any atom is -0.381 e. The van der Waals surface area contributed by atoms with Crippen molar-refractivity contribution >= 4 is 17.5 Å². The van der Waals surface area contributed by atoms with Gasteiger partial charge in [0.25, 0.3) is 0 Å². The molecule has 2 heteroatoms. The molecule has 2 nitrogen and oxygen atoms in total. The highest BCUT2D eigenvalue weighted by Gasteiger charge is 1.98. The molecule has 1 aliphatic rings. The highest BCUT2D eigenvalue weighted by Crippen LogP contribution is 2.18. The number of carbonyl (C=O) groups excluding carboxylic acids is 1. The Kier molecular flexibility index (Phi) is 3.92. The summed E-state index contributed by atoms with van der Waals surface area (Å²) in [5.41, 5.74) is 2.53. The van der Waals surface area contributed by atoms with Crippen LogP contribution in [0.15, 0.2) is 30.3 Å². The molecule has 1 aliphatic heterocycles. The van der Waals surface area contributed by atoms with Gasteiger partial charge in [0, 0.05) is 12.2 Å². The summed E-state index contributed by atoms with van der Waals surface area (Å²) in [6.07, 6.45) is 4.27. The lowest BCUT2D eigenvalue weighted by atomic mass is 10.1. The summed E-state index contributed by atoms with van der Waals surface area (Å²) in [4.78, 5) is 9.44. The topological polar surface area (TPSA) is 29.1 Å². The van der Waals surface area contributed by atoms with Gasteiger partial charge in [-0.1, -0.05) is 30.4 Å². The van der Waals surface area contributed by atoms with E-state index in [0.29, 0.717) is 0 Å². The van der Waals surface area contributed by atoms with E-state index in [0.717, 1.165) is 6.54 Å². The van der Waals surface area contributed by atoms with E-state index in [-0.39, 0.29) is 5.78 Å². The quantitative estimate of drug-likeness (QED) is 0.680. The van der Waals surface area contributed by atoms with Crippen molar-refractivity contribution in [3.63, 3.8) is 0 Å². The van der Waals surface area contributed by atoms with Crippen LogP contribution >= 0.6 is 0 Å². The van der Waals surface area contributed by atoms with Crippen LogP contribution in [0.1, 0.15) is 19.4 Å². The first-order valence-corrected chi connectivity index (χ1v) is 4.67. The molecule has 0 aliphatic carbocycles. The minimum absolute atomic E-state index is 0.167. The third kappa shape index (κ3) is 3.44. The first-order chi connectivity index (χ1) is 6.70. The van der Waals surface area contributed by atoms with E-state index in [1.54, 1.807) is 0 Å². The van der Waals surface area contributed by atoms with E-state index in [2.05, 4.69) is 35.7 Å². The molecular formula is C12H15NO. The van der Waals surface area contributed by atoms with E-state index >= 15 is 0 Å². The molecule has 0 fully saturated rings. The van der Waals surface area contributed by atoms with Gasteiger partial charge in [-0.15, -0.1) is 0 Å². The lowest BCUT2D eigenvalue weighted by Gasteiger charge is -2.11. The number of Topliss-reactive ketones (excluding diaryl/α,β-unsaturated/α-hetero) is 1. The van der Waals surface area contributed by atoms with Crippen LogP contribution in [0, 0.1) is 0 Å². The van der Waals surface area contributed by atoms with Gasteiger partial charge in [0.15, 0.2) is 0 Å². The van der Waals surface area contributed by atoms with Crippen molar-refractivity contribution in [3.05, 3.63) is 35.9 Å². The number of ketones is 1. The molecule has 1 heterocycles. The fourth-order valence-electron chi connectivity index (χ4n) is 1.16. The largest absolute Gasteiger partial charge is 0.381 e. The third-order valence-corrected chi connectivity index (χ3v) is 1.67. The average molecular weight is 189 g/mol. The van der Waals surface area contributed by atoms with Crippen LogP contribution in [-0.2, 0) is 4.79 Å². The normalized spacial score (nSPS) is 11.9. The summed E-state index contributed by atoms with van der Waals surface area (Å²) in [6, 6.07) is 8.30. The van der Waals surface area contributed by atoms with Crippen LogP contribution in [0.5, 0.6) is 0 Å². The fourth-order valence-corrected chi connectivity index (χ4v) is 1.16. The number of nitrogens with one attached hydrogen (secondary N) is 1. The molecular weight excluding hydrogens is 174 g/mol. The zero-order valence-electron chi connectivity index (χ0n) is 8.58. The van der Waals surface area contributed by atoms with E-state index in [4.69, 9.17) is 0 Å². The number of fused-ring (bicyclic) bond motifs is 1. The van der Waals surface area contributed by atoms with Crippen molar-refractivity contribution in [2.75, 3.05) is 11.9 Å². The number of benzene rings is 1. The maximum absolute atomic E-state index is 9.44. The summed E-state index contributed by atoms with van der Waals surface area (Å²) in [5.74, 6) is 0.167. The van der Waals surface area contributed by atoms with Crippen molar-refractivity contribution < 1.29 is 4.79 Å². The molecule has 1 N–H and O–H groups in total. The van der Waals surface area contributed by atoms with Crippen LogP contribution < -0.4 is 5.32 Å². The smallest absolute Gasteiger partial charge is 0.126 e. The molecule has 0 radical (unpaired) electrons. The second-order valence-corrected chi connectivity index (χ2v) is 3.28. The predicted molar refractivity (Wildman–Crippen MR) is 60.3 cm³/mol. The number of rotatable bonds is 0. The Morgan fingerprint density at radius 3 is 2.57 bits per heavy atom. The maximum Gasteiger partial charge on any atom is 0.126 e. The Labute approximate surface area is 84.6 Å². The van der Waals surface area contributed by atoms with Crippen LogP contribution in [0.2, 0.25) is 0 Å². The van der Waals surface area contributed by atoms with Gasteiger partial charge >= 0.3 is 0 Å². The SMILES string of the molecule is C1=Cc2ccccc2NC1.CC(C)=O. The summed E-state index contributed by atoms with van der Waals surface area (Å²) >= 11 is 0. The summed E-state index contributed by atoms with van der Waals surface area (Å²) in [6.45, 7) is 4.01. The molecule has 74 valence electrons. The fraction of sp³-hybridized carbons (Fsp3) is 0.250. The van der Waals surface area contributed by atoms with Gasteiger partial charge in [-0.3, -0.25) is 0 Å². The van der Waals surface area contributed by atoms with Crippen molar-refractivity contribution in [1.29, 1.82) is 0 Å². The van der Waals surface area contributed by atoms with Gasteiger partial charge in [0.05, 0.1) is 0 Å². The van der Waals surface area contributed by atoms with Gasteiger partial charge in [-0.25, -0.2) is 0 Å². The number of para-hydroxylation sites is 1. The van der Waals surface area contributed by atoms with Crippen LogP contribution in [0.4, 0.5) is 5.69 Å². The van der Waals surface area contributed by atoms with Gasteiger partial charge in [-0.05, 0) is 25.5 Å². The van der Waals surface area contributed by atoms with E-state index < -0.39 is 0 Å². The van der Waals surface area contributed by atoms with E-state index in [1.807, 2.05) is 6.07 Å². The summed E-state index contributed by atoms with van der Waals surface area (Å²) < 4.78 is 0. The predicted octanol–water partition coefficient (Wildman–Crippen LogP) is 2.72. The van der Waals surface area contributed by atoms with Crippen LogP contribution in [0.3, 0.4) is 0 Å².